The summed E-state index contributed by atoms with van der Waals surface area (Å²) in [6, 6.07) is -1.86. The molecule has 2 aromatic carbocycles. The molecule has 654 valence electrons. The van der Waals surface area contributed by atoms with E-state index in [9.17, 15) is 38.4 Å². The highest BCUT2D eigenvalue weighted by Gasteiger charge is 2.40. The van der Waals surface area contributed by atoms with Crippen LogP contribution in [0.4, 0.5) is 0 Å². The third kappa shape index (κ3) is 33.2. The van der Waals surface area contributed by atoms with Crippen molar-refractivity contribution in [1.82, 2.24) is 68.5 Å². The van der Waals surface area contributed by atoms with Crippen LogP contribution < -0.4 is 116 Å². The third-order valence-corrected chi connectivity index (χ3v) is 20.3. The van der Waals surface area contributed by atoms with Crippen LogP contribution in [0.15, 0.2) is 75.9 Å². The lowest BCUT2D eigenvalue weighted by Gasteiger charge is -2.31. The topological polar surface area (TPSA) is 683 Å². The standard InChI is InChI=1S/C79H130N26O13/c1-11-44(9)63(75(117)99-54(28-20-34-91-78(86)87)66(108)95-52(65(83)107)26-17-18-32-80)104-69(111)55(29-21-35-92-79(88)89)97-70(112)59(38-47-40-94-51-25-16-14-23-49(47)51)102-74(116)62(43(7)8)103-76(118)64(45(10)12-2)105-72(114)57(36-41(3)4)100-71(113)58(37-46-39-93-50-24-15-13-22-48(46)50)101-67(109)53(27-19-33-90-77(84)85)96-68(110)56(30-31-60(81)106)98-73(115)61(82)42(5)6/h13-16,22-25,39-45,52-59,61-64,93-94H,11-12,17-21,26-38,80,82H2,1-10H3,(H2,81,106)(H2,83,107)(H,95,108)(H,96,110)(H,97,112)(H,98,115)(H,99,117)(H,100,113)(H,101,109)(H,102,116)(H,103,118)(H,104,111)(H,105,114)(H4,84,85,90)(H4,86,87,91)(H4,88,89,92)/t44-,45-,52-,53-,54-,55-,56-,57-,58-,59-,61-,62-,63-,64-/m0/s1. The van der Waals surface area contributed by atoms with Gasteiger partial charge in [0.15, 0.2) is 17.9 Å². The lowest BCUT2D eigenvalue weighted by molar-refractivity contribution is -0.137. The maximum Gasteiger partial charge on any atom is 0.243 e. The molecular weight excluding hydrogens is 1520 g/mol. The Morgan fingerprint density at radius 1 is 0.373 bits per heavy atom. The Kier molecular flexibility index (Phi) is 41.9. The van der Waals surface area contributed by atoms with E-state index in [1.54, 1.807) is 118 Å². The number of amides is 13. The second-order valence-electron chi connectivity index (χ2n) is 31.0. The minimum Gasteiger partial charge on any atom is -0.370 e. The number of aromatic amines is 2. The third-order valence-electron chi connectivity index (χ3n) is 20.3. The summed E-state index contributed by atoms with van der Waals surface area (Å²) >= 11 is 0. The number of carbonyl (C=O) groups excluding carboxylic acids is 13. The summed E-state index contributed by atoms with van der Waals surface area (Å²) in [6.07, 6.45) is 4.26. The highest BCUT2D eigenvalue weighted by atomic mass is 16.2. The van der Waals surface area contributed by atoms with E-state index in [0.717, 1.165) is 0 Å². The van der Waals surface area contributed by atoms with Crippen LogP contribution in [0.1, 0.15) is 170 Å². The number of nitrogens with zero attached hydrogens (tertiary/aromatic N) is 3. The molecule has 0 spiro atoms. The molecule has 0 fully saturated rings. The quantitative estimate of drug-likeness (QED) is 0.0124. The van der Waals surface area contributed by atoms with Crippen LogP contribution in [0.2, 0.25) is 0 Å². The molecule has 0 saturated carbocycles. The van der Waals surface area contributed by atoms with Crippen molar-refractivity contribution in [3.63, 3.8) is 0 Å². The van der Waals surface area contributed by atoms with Crippen LogP contribution in [-0.4, -0.2) is 203 Å². The van der Waals surface area contributed by atoms with Crippen molar-refractivity contribution < 1.29 is 62.3 Å². The second kappa shape index (κ2) is 50.1. The zero-order chi connectivity index (χ0) is 88.0. The Morgan fingerprint density at radius 3 is 1.09 bits per heavy atom. The minimum absolute atomic E-state index is 0.00419. The fourth-order valence-electron chi connectivity index (χ4n) is 13.0. The van der Waals surface area contributed by atoms with E-state index < -0.39 is 167 Å². The molecule has 39 heteroatoms. The number of aromatic nitrogens is 2. The Morgan fingerprint density at radius 2 is 0.703 bits per heavy atom. The first-order valence-corrected chi connectivity index (χ1v) is 40.4. The maximum atomic E-state index is 15.3. The zero-order valence-electron chi connectivity index (χ0n) is 69.7. The Bertz CT molecular complexity index is 4090. The van der Waals surface area contributed by atoms with Crippen LogP contribution in [0, 0.1) is 29.6 Å². The Hall–Kier alpha value is -11.6. The molecule has 0 radical (unpaired) electrons. The van der Waals surface area contributed by atoms with Gasteiger partial charge in [0.25, 0.3) is 0 Å². The molecule has 0 aliphatic rings. The van der Waals surface area contributed by atoms with E-state index in [4.69, 9.17) is 57.3 Å². The van der Waals surface area contributed by atoms with Crippen LogP contribution in [0.25, 0.3) is 21.8 Å². The molecule has 0 bridgehead atoms. The normalized spacial score (nSPS) is 14.9. The molecule has 2 aromatic heterocycles. The van der Waals surface area contributed by atoms with Crippen molar-refractivity contribution in [3.8, 4) is 0 Å². The monoisotopic (exact) mass is 1650 g/mol. The Balaban J connectivity index is 1.73. The van der Waals surface area contributed by atoms with Crippen molar-refractivity contribution in [2.75, 3.05) is 26.2 Å². The average molecular weight is 1650 g/mol. The van der Waals surface area contributed by atoms with Gasteiger partial charge in [-0.05, 0) is 130 Å². The minimum atomic E-state index is -1.50. The number of carbonyl (C=O) groups is 13. The number of aliphatic imine (C=N–C) groups is 3. The summed E-state index contributed by atoms with van der Waals surface area (Å²) in [4.78, 5) is 205. The summed E-state index contributed by atoms with van der Waals surface area (Å²) in [5, 5.41) is 31.8. The summed E-state index contributed by atoms with van der Waals surface area (Å²) in [5.74, 6) is -13.9. The van der Waals surface area contributed by atoms with Crippen molar-refractivity contribution >= 4 is 116 Å². The fourth-order valence-corrected chi connectivity index (χ4v) is 13.0. The number of nitrogens with one attached hydrogen (secondary N) is 13. The van der Waals surface area contributed by atoms with E-state index in [-0.39, 0.29) is 126 Å². The molecule has 0 saturated heterocycles. The lowest BCUT2D eigenvalue weighted by Crippen LogP contribution is -2.62. The van der Waals surface area contributed by atoms with Gasteiger partial charge in [0.1, 0.15) is 66.5 Å². The van der Waals surface area contributed by atoms with Crippen molar-refractivity contribution in [2.24, 2.45) is 102 Å². The summed E-state index contributed by atoms with van der Waals surface area (Å²) in [5.41, 5.74) is 59.2. The van der Waals surface area contributed by atoms with E-state index in [1.165, 1.54) is 0 Å². The molecule has 14 atom stereocenters. The van der Waals surface area contributed by atoms with Gasteiger partial charge in [0.2, 0.25) is 76.8 Å². The number of H-pyrrole nitrogens is 2. The average Bonchev–Trinajstić information content (AvgIpc) is 1.57. The van der Waals surface area contributed by atoms with Crippen LogP contribution in [0.3, 0.4) is 0 Å². The molecule has 39 nitrogen and oxygen atoms in total. The SMILES string of the molecule is CC[C@H](C)[C@H](NC(=O)[C@H](CCCN=C(N)N)NC(=O)[C@H](Cc1c[nH]c2ccccc12)NC(=O)[C@@H](NC(=O)[C@@H](NC(=O)[C@H](CC(C)C)NC(=O)[C@H](Cc1c[nH]c2ccccc12)NC(=O)[C@H](CCCN=C(N)N)NC(=O)[C@H](CCC(N)=O)NC(=O)[C@@H](N)C(C)C)[C@@H](C)CC)C(C)C)C(=O)N[C@@H](CCCN=C(N)N)C(=O)N[C@@H](CCCCN)C(N)=O. The Labute approximate surface area is 688 Å². The molecule has 0 unspecified atom stereocenters. The lowest BCUT2D eigenvalue weighted by atomic mass is 9.95. The summed E-state index contributed by atoms with van der Waals surface area (Å²) in [7, 11) is 0. The molecule has 13 amide bonds. The molecule has 0 aliphatic carbocycles. The molecule has 2 heterocycles. The smallest absolute Gasteiger partial charge is 0.243 e. The molecule has 4 aromatic rings. The fraction of sp³-hybridized carbons (Fsp3) is 0.595. The van der Waals surface area contributed by atoms with Crippen LogP contribution >= 0.6 is 0 Å². The largest absolute Gasteiger partial charge is 0.370 e. The van der Waals surface area contributed by atoms with Gasteiger partial charge in [-0.3, -0.25) is 77.3 Å². The van der Waals surface area contributed by atoms with Crippen molar-refractivity contribution in [1.29, 1.82) is 0 Å². The van der Waals surface area contributed by atoms with Gasteiger partial charge in [0.05, 0.1) is 6.04 Å². The summed E-state index contributed by atoms with van der Waals surface area (Å²) in [6.45, 7) is 17.7. The molecule has 4 rings (SSSR count). The first-order valence-electron chi connectivity index (χ1n) is 40.4. The van der Waals surface area contributed by atoms with E-state index in [2.05, 4.69) is 83.4 Å². The summed E-state index contributed by atoms with van der Waals surface area (Å²) < 4.78 is 0. The van der Waals surface area contributed by atoms with E-state index in [1.807, 2.05) is 12.1 Å². The first-order chi connectivity index (χ1) is 55.8. The number of para-hydroxylation sites is 2. The number of fused-ring (bicyclic) bond motifs is 2. The number of benzene rings is 2. The van der Waals surface area contributed by atoms with Gasteiger partial charge < -0.3 is 126 Å². The van der Waals surface area contributed by atoms with Crippen LogP contribution in [-0.2, 0) is 75.2 Å². The highest BCUT2D eigenvalue weighted by Crippen LogP contribution is 2.23. The molecule has 0 aliphatic heterocycles. The van der Waals surface area contributed by atoms with E-state index >= 15 is 24.0 Å². The van der Waals surface area contributed by atoms with Gasteiger partial charge in [-0.1, -0.05) is 118 Å². The number of rotatable bonds is 54. The van der Waals surface area contributed by atoms with Crippen LogP contribution in [0.5, 0.6) is 0 Å². The first kappa shape index (κ1) is 98.7. The number of nitrogens with two attached hydrogens (primary N) is 10. The molecule has 118 heavy (non-hydrogen) atoms. The van der Waals surface area contributed by atoms with Gasteiger partial charge >= 0.3 is 0 Å². The van der Waals surface area contributed by atoms with Gasteiger partial charge in [-0.15, -0.1) is 0 Å². The van der Waals surface area contributed by atoms with Gasteiger partial charge in [0, 0.05) is 73.1 Å². The zero-order valence-corrected chi connectivity index (χ0v) is 69.7. The molecule has 33 N–H and O–H groups in total. The number of primary amides is 2. The number of unbranched alkanes of at least 4 members (excludes halogenated alkanes) is 1. The van der Waals surface area contributed by atoms with Crippen molar-refractivity contribution in [2.45, 2.75) is 244 Å². The highest BCUT2D eigenvalue weighted by molar-refractivity contribution is 6.01. The predicted octanol–water partition coefficient (Wildman–Crippen LogP) is -2.41. The predicted molar refractivity (Wildman–Crippen MR) is 452 cm³/mol. The van der Waals surface area contributed by atoms with E-state index in [0.29, 0.717) is 65.2 Å². The number of guanidine groups is 3. The van der Waals surface area contributed by atoms with Gasteiger partial charge in [-0.2, -0.15) is 0 Å². The molecular formula is C79H130N26O13. The van der Waals surface area contributed by atoms with Gasteiger partial charge in [-0.25, -0.2) is 0 Å². The maximum absolute atomic E-state index is 15.3. The second-order valence-corrected chi connectivity index (χ2v) is 31.0. The number of hydrogen-bond acceptors (Lipinski definition) is 18. The number of hydrogen-bond donors (Lipinski definition) is 23. The van der Waals surface area contributed by atoms with Crippen molar-refractivity contribution in [3.05, 3.63) is 72.1 Å².